The number of guanidine groups is 1. The van der Waals surface area contributed by atoms with Crippen LogP contribution < -0.4 is 5.32 Å². The summed E-state index contributed by atoms with van der Waals surface area (Å²) in [6, 6.07) is 21.5. The van der Waals surface area contributed by atoms with E-state index in [9.17, 15) is 0 Å². The third kappa shape index (κ3) is 4.13. The molecule has 1 aliphatic rings. The fourth-order valence-electron chi connectivity index (χ4n) is 2.99. The van der Waals surface area contributed by atoms with Crippen molar-refractivity contribution in [3.8, 4) is 0 Å². The minimum Gasteiger partial charge on any atom is -0.338 e. The van der Waals surface area contributed by atoms with Crippen molar-refractivity contribution >= 4 is 11.6 Å². The Bertz CT molecular complexity index is 622. The summed E-state index contributed by atoms with van der Waals surface area (Å²) in [5.41, 5.74) is 2.49. The highest BCUT2D eigenvalue weighted by atomic mass is 15.4. The highest BCUT2D eigenvalue weighted by molar-refractivity contribution is 5.95. The number of hydrogen-bond donors (Lipinski definition) is 1. The Labute approximate surface area is 139 Å². The fraction of sp³-hybridized carbons (Fsp3) is 0.350. The van der Waals surface area contributed by atoms with E-state index in [4.69, 9.17) is 4.99 Å². The third-order valence-electron chi connectivity index (χ3n) is 4.26. The van der Waals surface area contributed by atoms with Gasteiger partial charge in [-0.1, -0.05) is 61.9 Å². The molecule has 0 saturated heterocycles. The SMILES string of the molecule is CCCCN1C(Nc2ccccc2)=NC[C@@H]1Cc1ccccc1. The summed E-state index contributed by atoms with van der Waals surface area (Å²) >= 11 is 0. The van der Waals surface area contributed by atoms with E-state index in [0.29, 0.717) is 6.04 Å². The average Bonchev–Trinajstić information content (AvgIpc) is 2.96. The van der Waals surface area contributed by atoms with Crippen LogP contribution in [0.3, 0.4) is 0 Å². The number of para-hydroxylation sites is 1. The maximum Gasteiger partial charge on any atom is 0.198 e. The Morgan fingerprint density at radius 3 is 2.43 bits per heavy atom. The van der Waals surface area contributed by atoms with Crippen molar-refractivity contribution < 1.29 is 0 Å². The molecule has 1 N–H and O–H groups in total. The van der Waals surface area contributed by atoms with Crippen LogP contribution in [0, 0.1) is 0 Å². The molecule has 1 aliphatic heterocycles. The van der Waals surface area contributed by atoms with Crippen molar-refractivity contribution in [3.05, 3.63) is 66.2 Å². The first-order chi connectivity index (χ1) is 11.4. The highest BCUT2D eigenvalue weighted by Gasteiger charge is 2.27. The number of rotatable bonds is 6. The summed E-state index contributed by atoms with van der Waals surface area (Å²) in [6.45, 7) is 4.17. The Hall–Kier alpha value is -2.29. The molecular formula is C20H25N3. The van der Waals surface area contributed by atoms with Gasteiger partial charge in [0.05, 0.1) is 12.6 Å². The summed E-state index contributed by atoms with van der Waals surface area (Å²) < 4.78 is 0. The van der Waals surface area contributed by atoms with E-state index < -0.39 is 0 Å². The molecule has 3 heteroatoms. The van der Waals surface area contributed by atoms with Crippen molar-refractivity contribution in [1.29, 1.82) is 0 Å². The minimum atomic E-state index is 0.454. The maximum absolute atomic E-state index is 4.77. The lowest BCUT2D eigenvalue weighted by atomic mass is 10.1. The number of benzene rings is 2. The second-order valence-corrected chi connectivity index (χ2v) is 6.05. The van der Waals surface area contributed by atoms with Gasteiger partial charge in [-0.3, -0.25) is 4.99 Å². The van der Waals surface area contributed by atoms with Gasteiger partial charge >= 0.3 is 0 Å². The molecule has 2 aromatic rings. The van der Waals surface area contributed by atoms with Crippen molar-refractivity contribution in [1.82, 2.24) is 4.90 Å². The maximum atomic E-state index is 4.77. The molecule has 3 rings (SSSR count). The fourth-order valence-corrected chi connectivity index (χ4v) is 2.99. The second kappa shape index (κ2) is 7.82. The van der Waals surface area contributed by atoms with Crippen molar-refractivity contribution in [3.63, 3.8) is 0 Å². The first kappa shape index (κ1) is 15.6. The lowest BCUT2D eigenvalue weighted by Crippen LogP contribution is -2.41. The molecule has 23 heavy (non-hydrogen) atoms. The molecule has 0 amide bonds. The van der Waals surface area contributed by atoms with Crippen LogP contribution in [0.1, 0.15) is 25.3 Å². The van der Waals surface area contributed by atoms with Crippen LogP contribution in [0.5, 0.6) is 0 Å². The van der Waals surface area contributed by atoms with Gasteiger partial charge in [0.15, 0.2) is 5.96 Å². The molecule has 0 aromatic heterocycles. The smallest absolute Gasteiger partial charge is 0.198 e. The third-order valence-corrected chi connectivity index (χ3v) is 4.26. The number of aliphatic imine (C=N–C) groups is 1. The minimum absolute atomic E-state index is 0.454. The second-order valence-electron chi connectivity index (χ2n) is 6.05. The van der Waals surface area contributed by atoms with Crippen LogP contribution in [0.4, 0.5) is 5.69 Å². The average molecular weight is 307 g/mol. The first-order valence-corrected chi connectivity index (χ1v) is 8.54. The standard InChI is InChI=1S/C20H25N3/c1-2-3-14-23-19(15-17-10-6-4-7-11-17)16-21-20(23)22-18-12-8-5-9-13-18/h4-13,19H,2-3,14-16H2,1H3,(H,21,22)/t19-/m0/s1. The van der Waals surface area contributed by atoms with Crippen molar-refractivity contribution in [2.24, 2.45) is 4.99 Å². The van der Waals surface area contributed by atoms with E-state index in [-0.39, 0.29) is 0 Å². The molecule has 2 aromatic carbocycles. The number of unbranched alkanes of at least 4 members (excludes halogenated alkanes) is 1. The molecule has 0 spiro atoms. The molecule has 120 valence electrons. The van der Waals surface area contributed by atoms with Crippen LogP contribution in [0.15, 0.2) is 65.7 Å². The number of anilines is 1. The first-order valence-electron chi connectivity index (χ1n) is 8.54. The van der Waals surface area contributed by atoms with Crippen molar-refractivity contribution in [2.75, 3.05) is 18.4 Å². The van der Waals surface area contributed by atoms with E-state index in [1.807, 2.05) is 6.07 Å². The van der Waals surface area contributed by atoms with E-state index in [0.717, 1.165) is 31.2 Å². The van der Waals surface area contributed by atoms with Gasteiger partial charge in [0, 0.05) is 12.2 Å². The van der Waals surface area contributed by atoms with Gasteiger partial charge in [0.1, 0.15) is 0 Å². The molecule has 1 heterocycles. The molecular weight excluding hydrogens is 282 g/mol. The van der Waals surface area contributed by atoms with Crippen LogP contribution >= 0.6 is 0 Å². The summed E-state index contributed by atoms with van der Waals surface area (Å²) in [4.78, 5) is 7.22. The van der Waals surface area contributed by atoms with Gasteiger partial charge in [0.2, 0.25) is 0 Å². The predicted octanol–water partition coefficient (Wildman–Crippen LogP) is 4.18. The zero-order chi connectivity index (χ0) is 15.9. The summed E-state index contributed by atoms with van der Waals surface area (Å²) in [5.74, 6) is 1.02. The van der Waals surface area contributed by atoms with E-state index in [1.54, 1.807) is 0 Å². The molecule has 1 atom stereocenters. The monoisotopic (exact) mass is 307 g/mol. The van der Waals surface area contributed by atoms with Crippen LogP contribution in [0.25, 0.3) is 0 Å². The van der Waals surface area contributed by atoms with Crippen LogP contribution in [-0.4, -0.2) is 30.0 Å². The van der Waals surface area contributed by atoms with Crippen LogP contribution in [0.2, 0.25) is 0 Å². The summed E-state index contributed by atoms with van der Waals surface area (Å²) in [5, 5.41) is 3.49. The van der Waals surface area contributed by atoms with E-state index in [2.05, 4.69) is 71.7 Å². The number of nitrogens with one attached hydrogen (secondary N) is 1. The molecule has 0 aliphatic carbocycles. The van der Waals surface area contributed by atoms with Gasteiger partial charge < -0.3 is 10.2 Å². The van der Waals surface area contributed by atoms with Gasteiger partial charge in [-0.05, 0) is 30.5 Å². The normalized spacial score (nSPS) is 17.2. The number of hydrogen-bond acceptors (Lipinski definition) is 3. The van der Waals surface area contributed by atoms with Crippen LogP contribution in [-0.2, 0) is 6.42 Å². The summed E-state index contributed by atoms with van der Waals surface area (Å²) in [6.07, 6.45) is 3.45. The highest BCUT2D eigenvalue weighted by Crippen LogP contribution is 2.18. The zero-order valence-electron chi connectivity index (χ0n) is 13.8. The molecule has 0 fully saturated rings. The van der Waals surface area contributed by atoms with Gasteiger partial charge in [-0.2, -0.15) is 0 Å². The Morgan fingerprint density at radius 1 is 1.04 bits per heavy atom. The number of nitrogens with zero attached hydrogens (tertiary/aromatic N) is 2. The van der Waals surface area contributed by atoms with E-state index >= 15 is 0 Å². The van der Waals surface area contributed by atoms with Gasteiger partial charge in [-0.15, -0.1) is 0 Å². The molecule has 0 bridgehead atoms. The predicted molar refractivity (Wildman–Crippen MR) is 97.9 cm³/mol. The van der Waals surface area contributed by atoms with Gasteiger partial charge in [-0.25, -0.2) is 0 Å². The Balaban J connectivity index is 1.69. The topological polar surface area (TPSA) is 27.6 Å². The van der Waals surface area contributed by atoms with Gasteiger partial charge in [0.25, 0.3) is 0 Å². The Kier molecular flexibility index (Phi) is 5.30. The molecule has 0 saturated carbocycles. The lowest BCUT2D eigenvalue weighted by molar-refractivity contribution is 0.334. The Morgan fingerprint density at radius 2 is 1.74 bits per heavy atom. The molecule has 0 unspecified atom stereocenters. The summed E-state index contributed by atoms with van der Waals surface area (Å²) in [7, 11) is 0. The largest absolute Gasteiger partial charge is 0.338 e. The molecule has 3 nitrogen and oxygen atoms in total. The lowest BCUT2D eigenvalue weighted by Gasteiger charge is -2.28. The van der Waals surface area contributed by atoms with Crippen molar-refractivity contribution in [2.45, 2.75) is 32.2 Å². The van der Waals surface area contributed by atoms with E-state index in [1.165, 1.54) is 18.4 Å². The quantitative estimate of drug-likeness (QED) is 0.867. The zero-order valence-corrected chi connectivity index (χ0v) is 13.8. The molecule has 0 radical (unpaired) electrons.